The van der Waals surface area contributed by atoms with Crippen LogP contribution in [0.25, 0.3) is 0 Å². The van der Waals surface area contributed by atoms with Gasteiger partial charge in [-0.3, -0.25) is 9.59 Å². The number of carboxylic acid groups (broad SMARTS) is 2. The number of aliphatic carboxylic acids is 2. The van der Waals surface area contributed by atoms with Gasteiger partial charge in [0.25, 0.3) is 0 Å². The van der Waals surface area contributed by atoms with E-state index in [4.69, 9.17) is 15.9 Å². The fourth-order valence-corrected chi connectivity index (χ4v) is 1.79. The van der Waals surface area contributed by atoms with Crippen LogP contribution in [-0.4, -0.2) is 28.2 Å². The molecule has 8 heteroatoms. The Morgan fingerprint density at radius 2 is 1.62 bits per heavy atom. The minimum atomic E-state index is -4.46. The van der Waals surface area contributed by atoms with Crippen LogP contribution in [0.1, 0.15) is 17.5 Å². The van der Waals surface area contributed by atoms with Crippen molar-refractivity contribution in [3.63, 3.8) is 0 Å². The summed E-state index contributed by atoms with van der Waals surface area (Å²) in [5.41, 5.74) is 4.81. The van der Waals surface area contributed by atoms with Crippen molar-refractivity contribution in [2.45, 2.75) is 25.1 Å². The average molecular weight is 305 g/mol. The smallest absolute Gasteiger partial charge is 0.416 e. The number of rotatable bonds is 6. The minimum Gasteiger partial charge on any atom is -0.481 e. The maximum Gasteiger partial charge on any atom is 0.416 e. The number of alkyl halides is 3. The lowest BCUT2D eigenvalue weighted by Gasteiger charge is -2.15. The van der Waals surface area contributed by atoms with Gasteiger partial charge in [0, 0.05) is 0 Å². The molecule has 0 radical (unpaired) electrons. The van der Waals surface area contributed by atoms with Crippen molar-refractivity contribution in [1.82, 2.24) is 0 Å². The van der Waals surface area contributed by atoms with E-state index in [2.05, 4.69) is 0 Å². The Morgan fingerprint density at radius 1 is 1.10 bits per heavy atom. The summed E-state index contributed by atoms with van der Waals surface area (Å²) in [5.74, 6) is -3.65. The lowest BCUT2D eigenvalue weighted by atomic mass is 9.92. The van der Waals surface area contributed by atoms with E-state index in [1.54, 1.807) is 0 Å². The first-order chi connectivity index (χ1) is 9.61. The van der Waals surface area contributed by atoms with Gasteiger partial charge in [0.15, 0.2) is 0 Å². The molecule has 0 amide bonds. The molecule has 2 atom stereocenters. The van der Waals surface area contributed by atoms with E-state index in [1.165, 1.54) is 12.1 Å². The van der Waals surface area contributed by atoms with Gasteiger partial charge in [-0.2, -0.15) is 13.2 Å². The van der Waals surface area contributed by atoms with Gasteiger partial charge in [0.05, 0.1) is 11.5 Å². The summed E-state index contributed by atoms with van der Waals surface area (Å²) >= 11 is 0. The van der Waals surface area contributed by atoms with Crippen LogP contribution in [0.3, 0.4) is 0 Å². The Labute approximate surface area is 118 Å². The first kappa shape index (κ1) is 17.0. The van der Waals surface area contributed by atoms with Crippen LogP contribution >= 0.6 is 0 Å². The largest absolute Gasteiger partial charge is 0.481 e. The molecule has 0 aliphatic heterocycles. The van der Waals surface area contributed by atoms with Crippen LogP contribution in [0.4, 0.5) is 13.2 Å². The van der Waals surface area contributed by atoms with E-state index in [9.17, 15) is 22.8 Å². The van der Waals surface area contributed by atoms with Gasteiger partial charge in [0.1, 0.15) is 6.04 Å². The highest BCUT2D eigenvalue weighted by Crippen LogP contribution is 2.29. The third-order valence-corrected chi connectivity index (χ3v) is 2.97. The summed E-state index contributed by atoms with van der Waals surface area (Å²) in [6.45, 7) is 0. The van der Waals surface area contributed by atoms with Gasteiger partial charge >= 0.3 is 18.1 Å². The highest BCUT2D eigenvalue weighted by molar-refractivity contribution is 5.76. The minimum absolute atomic E-state index is 0.0888. The molecule has 0 bridgehead atoms. The Bertz CT molecular complexity index is 513. The molecule has 1 aromatic rings. The van der Waals surface area contributed by atoms with Crippen LogP contribution in [0.2, 0.25) is 0 Å². The summed E-state index contributed by atoms with van der Waals surface area (Å²) in [6, 6.07) is 2.72. The molecule has 1 aromatic carbocycles. The van der Waals surface area contributed by atoms with Crippen LogP contribution in [-0.2, 0) is 22.2 Å². The molecule has 0 spiro atoms. The maximum absolute atomic E-state index is 12.4. The molecule has 2 unspecified atom stereocenters. The lowest BCUT2D eigenvalue weighted by molar-refractivity contribution is -0.143. The highest BCUT2D eigenvalue weighted by atomic mass is 19.4. The molecule has 0 aliphatic rings. The third-order valence-electron chi connectivity index (χ3n) is 2.97. The van der Waals surface area contributed by atoms with Gasteiger partial charge in [-0.25, -0.2) is 0 Å². The SMILES string of the molecule is NC(CC(Cc1ccc(C(F)(F)F)cc1)C(=O)O)C(=O)O. The van der Waals surface area contributed by atoms with Gasteiger partial charge in [0.2, 0.25) is 0 Å². The van der Waals surface area contributed by atoms with Gasteiger partial charge in [-0.1, -0.05) is 12.1 Å². The summed E-state index contributed by atoms with van der Waals surface area (Å²) in [4.78, 5) is 21.7. The van der Waals surface area contributed by atoms with Crippen molar-refractivity contribution in [1.29, 1.82) is 0 Å². The van der Waals surface area contributed by atoms with Crippen LogP contribution < -0.4 is 5.73 Å². The summed E-state index contributed by atoms with van der Waals surface area (Å²) in [6.07, 6.45) is -4.85. The monoisotopic (exact) mass is 305 g/mol. The first-order valence-electron chi connectivity index (χ1n) is 5.98. The van der Waals surface area contributed by atoms with Crippen LogP contribution in [0.15, 0.2) is 24.3 Å². The predicted octanol–water partition coefficient (Wildman–Crippen LogP) is 1.75. The van der Waals surface area contributed by atoms with E-state index in [1.807, 2.05) is 0 Å². The van der Waals surface area contributed by atoms with E-state index in [0.717, 1.165) is 12.1 Å². The van der Waals surface area contributed by atoms with E-state index in [-0.39, 0.29) is 12.8 Å². The maximum atomic E-state index is 12.4. The van der Waals surface area contributed by atoms with Gasteiger partial charge in [-0.05, 0) is 30.5 Å². The van der Waals surface area contributed by atoms with Crippen LogP contribution in [0.5, 0.6) is 0 Å². The standard InChI is InChI=1S/C13H14F3NO4/c14-13(15,16)9-3-1-7(2-4-9)5-8(11(18)19)6-10(17)12(20)21/h1-4,8,10H,5-6,17H2,(H,18,19)(H,20,21). The summed E-state index contributed by atoms with van der Waals surface area (Å²) in [5, 5.41) is 17.7. The van der Waals surface area contributed by atoms with Crippen LogP contribution in [0, 0.1) is 5.92 Å². The lowest BCUT2D eigenvalue weighted by Crippen LogP contribution is -2.35. The van der Waals surface area contributed by atoms with Gasteiger partial charge in [-0.15, -0.1) is 0 Å². The zero-order valence-electron chi connectivity index (χ0n) is 10.8. The third kappa shape index (κ3) is 5.07. The zero-order valence-corrected chi connectivity index (χ0v) is 10.8. The van der Waals surface area contributed by atoms with Crippen molar-refractivity contribution in [3.05, 3.63) is 35.4 Å². The van der Waals surface area contributed by atoms with E-state index < -0.39 is 35.6 Å². The number of halogens is 3. The van der Waals surface area contributed by atoms with Gasteiger partial charge < -0.3 is 15.9 Å². The van der Waals surface area contributed by atoms with Crippen molar-refractivity contribution in [2.24, 2.45) is 11.7 Å². The summed E-state index contributed by atoms with van der Waals surface area (Å²) in [7, 11) is 0. The highest BCUT2D eigenvalue weighted by Gasteiger charge is 2.30. The normalized spacial score (nSPS) is 14.5. The average Bonchev–Trinajstić information content (AvgIpc) is 2.37. The Morgan fingerprint density at radius 3 is 2.00 bits per heavy atom. The molecule has 5 nitrogen and oxygen atoms in total. The predicted molar refractivity (Wildman–Crippen MR) is 66.5 cm³/mol. The molecule has 0 aromatic heterocycles. The van der Waals surface area contributed by atoms with Crippen molar-refractivity contribution in [2.75, 3.05) is 0 Å². The molecule has 116 valence electrons. The molecule has 21 heavy (non-hydrogen) atoms. The second-order valence-corrected chi connectivity index (χ2v) is 4.61. The number of benzene rings is 1. The first-order valence-corrected chi connectivity index (χ1v) is 5.98. The molecule has 0 heterocycles. The summed E-state index contributed by atoms with van der Waals surface area (Å²) < 4.78 is 37.2. The Kier molecular flexibility index (Phi) is 5.31. The van der Waals surface area contributed by atoms with E-state index >= 15 is 0 Å². The Balaban J connectivity index is 2.80. The number of nitrogens with two attached hydrogens (primary N) is 1. The number of hydrogen-bond donors (Lipinski definition) is 3. The molecular weight excluding hydrogens is 291 g/mol. The second-order valence-electron chi connectivity index (χ2n) is 4.61. The van der Waals surface area contributed by atoms with Crippen molar-refractivity contribution in [3.8, 4) is 0 Å². The molecule has 0 saturated carbocycles. The molecule has 4 N–H and O–H groups in total. The fourth-order valence-electron chi connectivity index (χ4n) is 1.79. The van der Waals surface area contributed by atoms with E-state index in [0.29, 0.717) is 5.56 Å². The molecular formula is C13H14F3NO4. The number of carboxylic acids is 2. The fraction of sp³-hybridized carbons (Fsp3) is 0.385. The Hall–Kier alpha value is -2.09. The van der Waals surface area contributed by atoms with Crippen molar-refractivity contribution < 1.29 is 33.0 Å². The molecule has 0 aliphatic carbocycles. The zero-order chi connectivity index (χ0) is 16.2. The second kappa shape index (κ2) is 6.57. The molecule has 1 rings (SSSR count). The number of hydrogen-bond acceptors (Lipinski definition) is 3. The quantitative estimate of drug-likeness (QED) is 0.743. The topological polar surface area (TPSA) is 101 Å². The molecule has 0 fully saturated rings. The molecule has 0 saturated heterocycles. The van der Waals surface area contributed by atoms with Crippen molar-refractivity contribution >= 4 is 11.9 Å². The number of carbonyl (C=O) groups is 2.